The zero-order chi connectivity index (χ0) is 14.1. The predicted octanol–water partition coefficient (Wildman–Crippen LogP) is 1.05. The normalized spacial score (nSPS) is 13.3. The van der Waals surface area contributed by atoms with E-state index >= 15 is 0 Å². The fourth-order valence-corrected chi connectivity index (χ4v) is 1.55. The third kappa shape index (κ3) is 5.56. The molecule has 19 heavy (non-hydrogen) atoms. The SMILES string of the molecule is C#CCOCCC(=O)NCC(C)(O)c1ccccc1. The van der Waals surface area contributed by atoms with Gasteiger partial charge >= 0.3 is 0 Å². The van der Waals surface area contributed by atoms with Crippen LogP contribution in [0.3, 0.4) is 0 Å². The molecule has 1 aromatic rings. The van der Waals surface area contributed by atoms with Crippen molar-refractivity contribution < 1.29 is 14.6 Å². The molecule has 0 radical (unpaired) electrons. The summed E-state index contributed by atoms with van der Waals surface area (Å²) >= 11 is 0. The first-order valence-electron chi connectivity index (χ1n) is 6.12. The number of aliphatic hydroxyl groups is 1. The molecule has 2 N–H and O–H groups in total. The van der Waals surface area contributed by atoms with Crippen molar-refractivity contribution >= 4 is 5.91 Å². The van der Waals surface area contributed by atoms with Gasteiger partial charge in [-0.1, -0.05) is 36.3 Å². The van der Waals surface area contributed by atoms with Gasteiger partial charge in [-0.3, -0.25) is 4.79 Å². The lowest BCUT2D eigenvalue weighted by Crippen LogP contribution is -2.38. The molecule has 0 aliphatic carbocycles. The number of amides is 1. The average molecular weight is 261 g/mol. The van der Waals surface area contributed by atoms with Gasteiger partial charge in [0.2, 0.25) is 5.91 Å². The minimum atomic E-state index is -1.09. The Morgan fingerprint density at radius 3 is 2.79 bits per heavy atom. The van der Waals surface area contributed by atoms with Crippen LogP contribution in [0.4, 0.5) is 0 Å². The lowest BCUT2D eigenvalue weighted by molar-refractivity contribution is -0.123. The summed E-state index contributed by atoms with van der Waals surface area (Å²) in [6.07, 6.45) is 5.25. The molecule has 0 bridgehead atoms. The van der Waals surface area contributed by atoms with E-state index < -0.39 is 5.60 Å². The van der Waals surface area contributed by atoms with Gasteiger partial charge in [0.05, 0.1) is 19.6 Å². The first-order chi connectivity index (χ1) is 9.06. The number of carbonyl (C=O) groups excluding carboxylic acids is 1. The van der Waals surface area contributed by atoms with Crippen molar-refractivity contribution in [1.29, 1.82) is 0 Å². The van der Waals surface area contributed by atoms with Crippen molar-refractivity contribution in [2.75, 3.05) is 19.8 Å². The molecule has 0 spiro atoms. The summed E-state index contributed by atoms with van der Waals surface area (Å²) in [7, 11) is 0. The van der Waals surface area contributed by atoms with Crippen LogP contribution in [0.1, 0.15) is 18.9 Å². The highest BCUT2D eigenvalue weighted by Gasteiger charge is 2.23. The summed E-state index contributed by atoms with van der Waals surface area (Å²) in [5.74, 6) is 2.15. The van der Waals surface area contributed by atoms with Gasteiger partial charge in [0, 0.05) is 0 Å². The summed E-state index contributed by atoms with van der Waals surface area (Å²) in [5, 5.41) is 12.9. The highest BCUT2D eigenvalue weighted by Crippen LogP contribution is 2.18. The number of benzene rings is 1. The molecule has 0 saturated heterocycles. The maximum atomic E-state index is 11.5. The Morgan fingerprint density at radius 2 is 2.16 bits per heavy atom. The van der Waals surface area contributed by atoms with Crippen LogP contribution >= 0.6 is 0 Å². The summed E-state index contributed by atoms with van der Waals surface area (Å²) < 4.78 is 5.01. The minimum absolute atomic E-state index is 0.158. The molecule has 1 rings (SSSR count). The first kappa shape index (κ1) is 15.2. The molecule has 1 amide bonds. The average Bonchev–Trinajstić information content (AvgIpc) is 2.42. The smallest absolute Gasteiger partial charge is 0.222 e. The Kier molecular flexibility index (Phi) is 6.07. The topological polar surface area (TPSA) is 58.6 Å². The van der Waals surface area contributed by atoms with Crippen LogP contribution < -0.4 is 5.32 Å². The minimum Gasteiger partial charge on any atom is -0.384 e. The number of carbonyl (C=O) groups is 1. The molecule has 102 valence electrons. The largest absolute Gasteiger partial charge is 0.384 e. The summed E-state index contributed by atoms with van der Waals surface area (Å²) in [4.78, 5) is 11.5. The van der Waals surface area contributed by atoms with E-state index in [1.54, 1.807) is 6.92 Å². The predicted molar refractivity (Wildman–Crippen MR) is 73.3 cm³/mol. The summed E-state index contributed by atoms with van der Waals surface area (Å²) in [5.41, 5.74) is -0.324. The molecule has 1 unspecified atom stereocenters. The van der Waals surface area contributed by atoms with E-state index in [0.29, 0.717) is 0 Å². The van der Waals surface area contributed by atoms with Crippen LogP contribution in [0.2, 0.25) is 0 Å². The molecule has 0 heterocycles. The van der Waals surface area contributed by atoms with Crippen molar-refractivity contribution in [2.24, 2.45) is 0 Å². The van der Waals surface area contributed by atoms with Crippen LogP contribution in [0.25, 0.3) is 0 Å². The fourth-order valence-electron chi connectivity index (χ4n) is 1.55. The third-order valence-electron chi connectivity index (χ3n) is 2.68. The summed E-state index contributed by atoms with van der Waals surface area (Å²) in [6, 6.07) is 9.21. The second-order valence-corrected chi connectivity index (χ2v) is 4.42. The molecule has 0 aliphatic heterocycles. The van der Waals surface area contributed by atoms with Crippen molar-refractivity contribution in [3.63, 3.8) is 0 Å². The molecule has 0 fully saturated rings. The van der Waals surface area contributed by atoms with E-state index in [2.05, 4.69) is 11.2 Å². The number of hydrogen-bond acceptors (Lipinski definition) is 3. The number of ether oxygens (including phenoxy) is 1. The Labute approximate surface area is 113 Å². The molecule has 4 nitrogen and oxygen atoms in total. The van der Waals surface area contributed by atoms with E-state index in [9.17, 15) is 9.90 Å². The maximum absolute atomic E-state index is 11.5. The van der Waals surface area contributed by atoms with Crippen LogP contribution in [-0.2, 0) is 15.1 Å². The Bertz CT molecular complexity index is 434. The lowest BCUT2D eigenvalue weighted by Gasteiger charge is -2.24. The van der Waals surface area contributed by atoms with Gasteiger partial charge in [-0.2, -0.15) is 0 Å². The zero-order valence-electron chi connectivity index (χ0n) is 11.1. The second kappa shape index (κ2) is 7.57. The Balaban J connectivity index is 2.35. The van der Waals surface area contributed by atoms with Gasteiger partial charge in [-0.05, 0) is 12.5 Å². The first-order valence-corrected chi connectivity index (χ1v) is 6.12. The monoisotopic (exact) mass is 261 g/mol. The van der Waals surface area contributed by atoms with Crippen LogP contribution in [0.15, 0.2) is 30.3 Å². The number of terminal acetylenes is 1. The van der Waals surface area contributed by atoms with Crippen LogP contribution in [-0.4, -0.2) is 30.8 Å². The highest BCUT2D eigenvalue weighted by molar-refractivity contribution is 5.76. The van der Waals surface area contributed by atoms with Gasteiger partial charge in [-0.15, -0.1) is 6.42 Å². The highest BCUT2D eigenvalue weighted by atomic mass is 16.5. The second-order valence-electron chi connectivity index (χ2n) is 4.42. The molecule has 4 heteroatoms. The number of nitrogens with one attached hydrogen (secondary N) is 1. The molecule has 1 aromatic carbocycles. The van der Waals surface area contributed by atoms with Crippen LogP contribution in [0.5, 0.6) is 0 Å². The van der Waals surface area contributed by atoms with E-state index in [4.69, 9.17) is 11.2 Å². The maximum Gasteiger partial charge on any atom is 0.222 e. The quantitative estimate of drug-likeness (QED) is 0.570. The Morgan fingerprint density at radius 1 is 1.47 bits per heavy atom. The molecular formula is C15H19NO3. The van der Waals surface area contributed by atoms with E-state index in [0.717, 1.165) is 5.56 Å². The summed E-state index contributed by atoms with van der Waals surface area (Å²) in [6.45, 7) is 2.31. The van der Waals surface area contributed by atoms with E-state index in [1.807, 2.05) is 30.3 Å². The van der Waals surface area contributed by atoms with Crippen molar-refractivity contribution in [3.05, 3.63) is 35.9 Å². The van der Waals surface area contributed by atoms with E-state index in [1.165, 1.54) is 0 Å². The van der Waals surface area contributed by atoms with Crippen molar-refractivity contribution in [3.8, 4) is 12.3 Å². The van der Waals surface area contributed by atoms with E-state index in [-0.39, 0.29) is 32.1 Å². The van der Waals surface area contributed by atoms with Gasteiger partial charge < -0.3 is 15.2 Å². The van der Waals surface area contributed by atoms with Gasteiger partial charge in [-0.25, -0.2) is 0 Å². The fraction of sp³-hybridized carbons (Fsp3) is 0.400. The van der Waals surface area contributed by atoms with Crippen molar-refractivity contribution in [1.82, 2.24) is 5.32 Å². The molecule has 0 aliphatic rings. The van der Waals surface area contributed by atoms with Crippen LogP contribution in [0, 0.1) is 12.3 Å². The molecule has 0 saturated carbocycles. The molecular weight excluding hydrogens is 242 g/mol. The molecule has 1 atom stereocenters. The number of hydrogen-bond donors (Lipinski definition) is 2. The lowest BCUT2D eigenvalue weighted by atomic mass is 9.96. The third-order valence-corrected chi connectivity index (χ3v) is 2.68. The number of rotatable bonds is 7. The Hall–Kier alpha value is -1.83. The molecule has 0 aromatic heterocycles. The van der Waals surface area contributed by atoms with Gasteiger partial charge in [0.15, 0.2) is 0 Å². The standard InChI is InChI=1S/C15H19NO3/c1-3-10-19-11-9-14(17)16-12-15(2,18)13-7-5-4-6-8-13/h1,4-8,18H,9-12H2,2H3,(H,16,17). The van der Waals surface area contributed by atoms with Gasteiger partial charge in [0.25, 0.3) is 0 Å². The van der Waals surface area contributed by atoms with Gasteiger partial charge in [0.1, 0.15) is 12.2 Å². The van der Waals surface area contributed by atoms with Crippen molar-refractivity contribution in [2.45, 2.75) is 18.9 Å². The zero-order valence-corrected chi connectivity index (χ0v) is 11.1.